The lowest BCUT2D eigenvalue weighted by molar-refractivity contribution is 0.543. The Bertz CT molecular complexity index is 352. The number of halogens is 1. The zero-order chi connectivity index (χ0) is 12.6. The number of aromatic nitrogens is 2. The fourth-order valence-corrected chi connectivity index (χ4v) is 1.93. The topological polar surface area (TPSA) is 37.8 Å². The summed E-state index contributed by atoms with van der Waals surface area (Å²) in [5, 5.41) is 4.18. The molecule has 0 bridgehead atoms. The van der Waals surface area contributed by atoms with Crippen molar-refractivity contribution >= 4 is 28.3 Å². The standard InChI is InChI=1S/C11H20ClN3S/c1-7(12)11(5,6)14-9-13-8(15-16-9)10(2,3)4/h7H,1-6H3,(H,13,14,15). The van der Waals surface area contributed by atoms with Gasteiger partial charge in [0.05, 0.1) is 10.9 Å². The van der Waals surface area contributed by atoms with Crippen LogP contribution in [0.2, 0.25) is 0 Å². The molecule has 3 nitrogen and oxygen atoms in total. The molecule has 1 rings (SSSR count). The predicted octanol–water partition coefficient (Wildman–Crippen LogP) is 3.65. The number of nitrogens with zero attached hydrogens (tertiary/aromatic N) is 2. The minimum atomic E-state index is -0.184. The van der Waals surface area contributed by atoms with Crippen molar-refractivity contribution in [3.63, 3.8) is 0 Å². The molecule has 5 heteroatoms. The largest absolute Gasteiger partial charge is 0.354 e. The molecule has 0 saturated carbocycles. The van der Waals surface area contributed by atoms with E-state index in [0.717, 1.165) is 11.0 Å². The molecule has 1 N–H and O–H groups in total. The van der Waals surface area contributed by atoms with Gasteiger partial charge in [-0.25, -0.2) is 4.98 Å². The summed E-state index contributed by atoms with van der Waals surface area (Å²) in [6.45, 7) is 12.4. The molecule has 92 valence electrons. The van der Waals surface area contributed by atoms with Gasteiger partial charge in [0.1, 0.15) is 5.82 Å². The van der Waals surface area contributed by atoms with Gasteiger partial charge < -0.3 is 5.32 Å². The van der Waals surface area contributed by atoms with Crippen molar-refractivity contribution in [1.29, 1.82) is 0 Å². The van der Waals surface area contributed by atoms with Crippen LogP contribution in [0.5, 0.6) is 0 Å². The first-order chi connectivity index (χ1) is 7.13. The maximum atomic E-state index is 6.11. The lowest BCUT2D eigenvalue weighted by atomic mass is 9.96. The van der Waals surface area contributed by atoms with E-state index < -0.39 is 0 Å². The van der Waals surface area contributed by atoms with Gasteiger partial charge in [-0.2, -0.15) is 4.37 Å². The van der Waals surface area contributed by atoms with E-state index in [0.29, 0.717) is 0 Å². The molecule has 0 radical (unpaired) electrons. The minimum Gasteiger partial charge on any atom is -0.354 e. The SMILES string of the molecule is CC(Cl)C(C)(C)Nc1nc(C(C)(C)C)ns1. The summed E-state index contributed by atoms with van der Waals surface area (Å²) >= 11 is 7.50. The van der Waals surface area contributed by atoms with Gasteiger partial charge in [0.15, 0.2) is 0 Å². The lowest BCUT2D eigenvalue weighted by Crippen LogP contribution is -2.38. The zero-order valence-electron chi connectivity index (χ0n) is 10.8. The molecule has 1 heterocycles. The molecule has 0 fully saturated rings. The molecule has 0 aliphatic rings. The number of rotatable bonds is 3. The second-order valence-corrected chi connectivity index (χ2v) is 7.04. The Labute approximate surface area is 107 Å². The zero-order valence-corrected chi connectivity index (χ0v) is 12.3. The van der Waals surface area contributed by atoms with Crippen molar-refractivity contribution in [3.8, 4) is 0 Å². The van der Waals surface area contributed by atoms with Crippen LogP contribution < -0.4 is 5.32 Å². The van der Waals surface area contributed by atoms with Gasteiger partial charge in [-0.05, 0) is 20.8 Å². The Hall–Kier alpha value is -0.350. The highest BCUT2D eigenvalue weighted by atomic mass is 35.5. The Kier molecular flexibility index (Phi) is 3.85. The summed E-state index contributed by atoms with van der Waals surface area (Å²) < 4.78 is 4.36. The monoisotopic (exact) mass is 261 g/mol. The third kappa shape index (κ3) is 3.32. The average Bonchev–Trinajstić information content (AvgIpc) is 2.50. The third-order valence-electron chi connectivity index (χ3n) is 2.52. The van der Waals surface area contributed by atoms with Crippen LogP contribution in [0, 0.1) is 0 Å². The number of nitrogens with one attached hydrogen (secondary N) is 1. The van der Waals surface area contributed by atoms with Gasteiger partial charge in [0, 0.05) is 16.9 Å². The summed E-state index contributed by atoms with van der Waals surface area (Å²) in [5.41, 5.74) is -0.191. The maximum Gasteiger partial charge on any atom is 0.203 e. The van der Waals surface area contributed by atoms with Crippen LogP contribution in [0.3, 0.4) is 0 Å². The van der Waals surface area contributed by atoms with E-state index in [9.17, 15) is 0 Å². The van der Waals surface area contributed by atoms with E-state index in [-0.39, 0.29) is 16.3 Å². The first kappa shape index (κ1) is 13.7. The maximum absolute atomic E-state index is 6.11. The molecule has 0 spiro atoms. The summed E-state index contributed by atoms with van der Waals surface area (Å²) in [6, 6.07) is 0. The summed E-state index contributed by atoms with van der Waals surface area (Å²) in [6.07, 6.45) is 0. The van der Waals surface area contributed by atoms with Crippen LogP contribution in [0.4, 0.5) is 5.13 Å². The van der Waals surface area contributed by atoms with Gasteiger partial charge in [-0.1, -0.05) is 20.8 Å². The molecule has 1 unspecified atom stereocenters. The van der Waals surface area contributed by atoms with Crippen molar-refractivity contribution in [2.24, 2.45) is 0 Å². The molecule has 0 saturated heterocycles. The van der Waals surface area contributed by atoms with Gasteiger partial charge in [-0.3, -0.25) is 0 Å². The summed E-state index contributed by atoms with van der Waals surface area (Å²) in [7, 11) is 0. The van der Waals surface area contributed by atoms with Crippen LogP contribution in [0.25, 0.3) is 0 Å². The fourth-order valence-electron chi connectivity index (χ4n) is 0.954. The Morgan fingerprint density at radius 1 is 1.25 bits per heavy atom. The fraction of sp³-hybridized carbons (Fsp3) is 0.818. The van der Waals surface area contributed by atoms with Crippen molar-refractivity contribution in [1.82, 2.24) is 9.36 Å². The van der Waals surface area contributed by atoms with E-state index in [1.165, 1.54) is 11.5 Å². The smallest absolute Gasteiger partial charge is 0.203 e. The van der Waals surface area contributed by atoms with Gasteiger partial charge in [-0.15, -0.1) is 11.6 Å². The van der Waals surface area contributed by atoms with Crippen LogP contribution in [-0.4, -0.2) is 20.3 Å². The average molecular weight is 262 g/mol. The van der Waals surface area contributed by atoms with Crippen molar-refractivity contribution in [2.75, 3.05) is 5.32 Å². The second kappa shape index (κ2) is 4.49. The van der Waals surface area contributed by atoms with Gasteiger partial charge in [0.25, 0.3) is 0 Å². The highest BCUT2D eigenvalue weighted by molar-refractivity contribution is 7.09. The Morgan fingerprint density at radius 3 is 2.19 bits per heavy atom. The van der Waals surface area contributed by atoms with Crippen LogP contribution in [0.15, 0.2) is 0 Å². The number of anilines is 1. The molecule has 0 amide bonds. The van der Waals surface area contributed by atoms with Crippen LogP contribution in [0.1, 0.15) is 47.4 Å². The van der Waals surface area contributed by atoms with E-state index in [1.54, 1.807) is 0 Å². The van der Waals surface area contributed by atoms with E-state index in [4.69, 9.17) is 11.6 Å². The van der Waals surface area contributed by atoms with Crippen molar-refractivity contribution in [3.05, 3.63) is 5.82 Å². The molecule has 1 aromatic heterocycles. The minimum absolute atomic E-state index is 0.00679. The summed E-state index contributed by atoms with van der Waals surface area (Å²) in [4.78, 5) is 4.49. The third-order valence-corrected chi connectivity index (χ3v) is 3.70. The quantitative estimate of drug-likeness (QED) is 0.844. The second-order valence-electron chi connectivity index (χ2n) is 5.64. The number of hydrogen-bond acceptors (Lipinski definition) is 4. The predicted molar refractivity (Wildman–Crippen MR) is 71.6 cm³/mol. The first-order valence-electron chi connectivity index (χ1n) is 5.39. The summed E-state index contributed by atoms with van der Waals surface area (Å²) in [5.74, 6) is 0.873. The highest BCUT2D eigenvalue weighted by Gasteiger charge is 2.26. The van der Waals surface area contributed by atoms with Crippen molar-refractivity contribution in [2.45, 2.75) is 57.9 Å². The lowest BCUT2D eigenvalue weighted by Gasteiger charge is -2.28. The molecular formula is C11H20ClN3S. The van der Waals surface area contributed by atoms with Crippen molar-refractivity contribution < 1.29 is 0 Å². The van der Waals surface area contributed by atoms with Gasteiger partial charge >= 0.3 is 0 Å². The molecule has 0 aliphatic heterocycles. The number of alkyl halides is 1. The number of hydrogen-bond donors (Lipinski definition) is 1. The normalized spacial score (nSPS) is 14.9. The molecule has 1 aromatic rings. The Morgan fingerprint density at radius 2 is 1.81 bits per heavy atom. The first-order valence-corrected chi connectivity index (χ1v) is 6.60. The van der Waals surface area contributed by atoms with Gasteiger partial charge in [0.2, 0.25) is 5.13 Å². The molecule has 16 heavy (non-hydrogen) atoms. The molecular weight excluding hydrogens is 242 g/mol. The van der Waals surface area contributed by atoms with E-state index in [2.05, 4.69) is 49.3 Å². The highest BCUT2D eigenvalue weighted by Crippen LogP contribution is 2.26. The molecule has 1 atom stereocenters. The van der Waals surface area contributed by atoms with Crippen LogP contribution in [-0.2, 0) is 5.41 Å². The molecule has 0 aliphatic carbocycles. The Balaban J connectivity index is 2.81. The van der Waals surface area contributed by atoms with E-state index >= 15 is 0 Å². The molecule has 0 aromatic carbocycles. The van der Waals surface area contributed by atoms with Crippen LogP contribution >= 0.6 is 23.1 Å². The van der Waals surface area contributed by atoms with E-state index in [1.807, 2.05) is 6.92 Å².